The summed E-state index contributed by atoms with van der Waals surface area (Å²) < 4.78 is 0.502. The van der Waals surface area contributed by atoms with E-state index in [1.807, 2.05) is 0 Å². The molecule has 1 aromatic rings. The SMILES string of the molecule is Cn1nnnc1SCCC1(C(=O)O)CN2C(=O)[C@H](CO)[C@H]2S1. The van der Waals surface area contributed by atoms with Gasteiger partial charge in [-0.1, -0.05) is 11.8 Å². The summed E-state index contributed by atoms with van der Waals surface area (Å²) in [6, 6.07) is 0. The maximum absolute atomic E-state index is 11.8. The van der Waals surface area contributed by atoms with Gasteiger partial charge >= 0.3 is 5.97 Å². The van der Waals surface area contributed by atoms with Crippen LogP contribution in [0.5, 0.6) is 0 Å². The van der Waals surface area contributed by atoms with E-state index >= 15 is 0 Å². The van der Waals surface area contributed by atoms with Crippen LogP contribution in [0.3, 0.4) is 0 Å². The van der Waals surface area contributed by atoms with Gasteiger partial charge in [-0.15, -0.1) is 16.9 Å². The lowest BCUT2D eigenvalue weighted by Crippen LogP contribution is -2.58. The van der Waals surface area contributed by atoms with Crippen LogP contribution in [-0.4, -0.2) is 76.2 Å². The Morgan fingerprint density at radius 3 is 2.95 bits per heavy atom. The van der Waals surface area contributed by atoms with Crippen LogP contribution in [0.2, 0.25) is 0 Å². The summed E-state index contributed by atoms with van der Waals surface area (Å²) in [5.74, 6) is -1.02. The van der Waals surface area contributed by atoms with Gasteiger partial charge < -0.3 is 15.1 Å². The number of aliphatic hydroxyl groups excluding tert-OH is 1. The smallest absolute Gasteiger partial charge is 0.321 e. The minimum atomic E-state index is -1.02. The number of hydrogen-bond acceptors (Lipinski definition) is 8. The zero-order valence-electron chi connectivity index (χ0n) is 11.7. The number of β-lactam (4-membered cyclic amide) rings is 1. The molecule has 9 nitrogen and oxygen atoms in total. The normalized spacial score (nSPS) is 30.3. The van der Waals surface area contributed by atoms with Crippen molar-refractivity contribution < 1.29 is 19.8 Å². The van der Waals surface area contributed by atoms with Crippen molar-refractivity contribution in [1.29, 1.82) is 0 Å². The summed E-state index contributed by atoms with van der Waals surface area (Å²) >= 11 is 2.65. The van der Waals surface area contributed by atoms with Crippen molar-refractivity contribution in [1.82, 2.24) is 25.1 Å². The highest BCUT2D eigenvalue weighted by atomic mass is 32.2. The molecule has 2 N–H and O–H groups in total. The molecular weight excluding hydrogens is 330 g/mol. The first-order valence-electron chi connectivity index (χ1n) is 6.66. The largest absolute Gasteiger partial charge is 0.480 e. The molecule has 1 unspecified atom stereocenters. The maximum Gasteiger partial charge on any atom is 0.321 e. The number of aliphatic carboxylic acids is 1. The van der Waals surface area contributed by atoms with Crippen LogP contribution >= 0.6 is 23.5 Å². The first-order valence-corrected chi connectivity index (χ1v) is 8.53. The number of thioether (sulfide) groups is 2. The fraction of sp³-hybridized carbons (Fsp3) is 0.727. The van der Waals surface area contributed by atoms with Crippen LogP contribution in [0.25, 0.3) is 0 Å². The lowest BCUT2D eigenvalue weighted by Gasteiger charge is -2.40. The Labute approximate surface area is 134 Å². The van der Waals surface area contributed by atoms with Crippen molar-refractivity contribution in [2.45, 2.75) is 21.7 Å². The predicted octanol–water partition coefficient (Wildman–Crippen LogP) is -0.961. The van der Waals surface area contributed by atoms with E-state index in [2.05, 4.69) is 15.5 Å². The average Bonchev–Trinajstić information content (AvgIpc) is 3.03. The topological polar surface area (TPSA) is 121 Å². The van der Waals surface area contributed by atoms with Gasteiger partial charge in [0.05, 0.1) is 17.9 Å². The Morgan fingerprint density at radius 2 is 2.36 bits per heavy atom. The molecule has 2 aliphatic heterocycles. The molecular formula is C11H15N5O4S2. The second-order valence-electron chi connectivity index (χ2n) is 5.25. The Kier molecular flexibility index (Phi) is 4.03. The van der Waals surface area contributed by atoms with E-state index in [1.54, 1.807) is 11.9 Å². The number of rotatable bonds is 6. The molecule has 0 spiro atoms. The summed E-state index contributed by atoms with van der Waals surface area (Å²) in [5, 5.41) is 30.3. The van der Waals surface area contributed by atoms with E-state index in [0.717, 1.165) is 0 Å². The number of carboxylic acids is 1. The Hall–Kier alpha value is -1.33. The molecule has 0 saturated carbocycles. The molecule has 0 aliphatic carbocycles. The monoisotopic (exact) mass is 345 g/mol. The number of nitrogens with zero attached hydrogens (tertiary/aromatic N) is 5. The predicted molar refractivity (Wildman–Crippen MR) is 78.2 cm³/mol. The molecule has 2 fully saturated rings. The quantitative estimate of drug-likeness (QED) is 0.496. The van der Waals surface area contributed by atoms with Crippen LogP contribution in [-0.2, 0) is 16.6 Å². The number of aryl methyl sites for hydroxylation is 1. The van der Waals surface area contributed by atoms with E-state index in [-0.39, 0.29) is 24.4 Å². The Morgan fingerprint density at radius 1 is 1.59 bits per heavy atom. The molecule has 3 heterocycles. The van der Waals surface area contributed by atoms with Crippen molar-refractivity contribution in [2.75, 3.05) is 18.9 Å². The van der Waals surface area contributed by atoms with Gasteiger partial charge in [0.2, 0.25) is 11.1 Å². The molecule has 120 valence electrons. The van der Waals surface area contributed by atoms with Crippen molar-refractivity contribution in [3.8, 4) is 0 Å². The molecule has 0 bridgehead atoms. The van der Waals surface area contributed by atoms with Crippen LogP contribution in [0.4, 0.5) is 0 Å². The van der Waals surface area contributed by atoms with Crippen LogP contribution < -0.4 is 0 Å². The number of aromatic nitrogens is 4. The number of carbonyl (C=O) groups is 2. The minimum absolute atomic E-state index is 0.159. The first kappa shape index (κ1) is 15.6. The fourth-order valence-corrected chi connectivity index (χ4v) is 5.38. The highest BCUT2D eigenvalue weighted by molar-refractivity contribution is 8.02. The third-order valence-electron chi connectivity index (χ3n) is 3.93. The molecule has 1 aromatic heterocycles. The minimum Gasteiger partial charge on any atom is -0.480 e. The number of tetrazole rings is 1. The summed E-state index contributed by atoms with van der Waals surface area (Å²) in [7, 11) is 1.72. The van der Waals surface area contributed by atoms with Crippen LogP contribution in [0.1, 0.15) is 6.42 Å². The number of hydrogen-bond donors (Lipinski definition) is 2. The van der Waals surface area contributed by atoms with Gasteiger partial charge in [0, 0.05) is 19.3 Å². The molecule has 2 aliphatic rings. The van der Waals surface area contributed by atoms with Crippen molar-refractivity contribution >= 4 is 35.4 Å². The number of carboxylic acid groups (broad SMARTS) is 1. The highest BCUT2D eigenvalue weighted by Gasteiger charge is 2.61. The fourth-order valence-electron chi connectivity index (χ4n) is 2.63. The lowest BCUT2D eigenvalue weighted by molar-refractivity contribution is -0.152. The van der Waals surface area contributed by atoms with E-state index < -0.39 is 16.6 Å². The number of carbonyl (C=O) groups excluding carboxylic acids is 1. The van der Waals surface area contributed by atoms with Gasteiger partial charge in [-0.05, 0) is 16.8 Å². The summed E-state index contributed by atoms with van der Waals surface area (Å²) in [6.45, 7) is -0.0489. The summed E-state index contributed by atoms with van der Waals surface area (Å²) in [6.07, 6.45) is 0.392. The van der Waals surface area contributed by atoms with E-state index in [9.17, 15) is 19.8 Å². The van der Waals surface area contributed by atoms with Gasteiger partial charge in [0.15, 0.2) is 0 Å². The second-order valence-corrected chi connectivity index (χ2v) is 7.81. The van der Waals surface area contributed by atoms with Crippen molar-refractivity contribution in [2.24, 2.45) is 13.0 Å². The van der Waals surface area contributed by atoms with Gasteiger partial charge in [0.1, 0.15) is 4.75 Å². The van der Waals surface area contributed by atoms with Crippen molar-refractivity contribution in [3.63, 3.8) is 0 Å². The average molecular weight is 345 g/mol. The van der Waals surface area contributed by atoms with E-state index in [4.69, 9.17) is 0 Å². The van der Waals surface area contributed by atoms with Gasteiger partial charge in [-0.3, -0.25) is 9.59 Å². The zero-order chi connectivity index (χ0) is 15.9. The lowest BCUT2D eigenvalue weighted by atomic mass is 9.96. The number of amides is 1. The zero-order valence-corrected chi connectivity index (χ0v) is 13.4. The molecule has 0 aromatic carbocycles. The molecule has 3 rings (SSSR count). The number of fused-ring (bicyclic) bond motifs is 1. The maximum atomic E-state index is 11.8. The van der Waals surface area contributed by atoms with Crippen LogP contribution in [0, 0.1) is 5.92 Å². The second kappa shape index (κ2) is 5.70. The molecule has 22 heavy (non-hydrogen) atoms. The molecule has 2 saturated heterocycles. The summed E-state index contributed by atoms with van der Waals surface area (Å²) in [5.41, 5.74) is 0. The highest BCUT2D eigenvalue weighted by Crippen LogP contribution is 2.51. The van der Waals surface area contributed by atoms with Gasteiger partial charge in [-0.25, -0.2) is 4.68 Å². The number of aliphatic hydroxyl groups is 1. The third kappa shape index (κ3) is 2.36. The van der Waals surface area contributed by atoms with Crippen LogP contribution in [0.15, 0.2) is 5.16 Å². The first-order chi connectivity index (χ1) is 10.5. The third-order valence-corrected chi connectivity index (χ3v) is 6.72. The Bertz CT molecular complexity index is 611. The van der Waals surface area contributed by atoms with Gasteiger partial charge in [-0.2, -0.15) is 0 Å². The molecule has 11 heteroatoms. The van der Waals surface area contributed by atoms with E-state index in [1.165, 1.54) is 28.2 Å². The molecule has 3 atom stereocenters. The van der Waals surface area contributed by atoms with Gasteiger partial charge in [0.25, 0.3) is 0 Å². The molecule has 1 amide bonds. The van der Waals surface area contributed by atoms with E-state index in [0.29, 0.717) is 17.3 Å². The summed E-state index contributed by atoms with van der Waals surface area (Å²) in [4.78, 5) is 25.1. The Balaban J connectivity index is 1.65. The molecule has 0 radical (unpaired) electrons. The van der Waals surface area contributed by atoms with Crippen molar-refractivity contribution in [3.05, 3.63) is 0 Å². The standard InChI is InChI=1S/C11H15N5O4S2/c1-15-10(12-13-14-15)21-3-2-11(9(19)20)5-16-7(18)6(4-17)8(16)22-11/h6,8,17H,2-5H2,1H3,(H,19,20)/t6-,8+,11?/m0/s1.